The van der Waals surface area contributed by atoms with Crippen molar-refractivity contribution in [2.75, 3.05) is 19.7 Å². The molecule has 1 amide bonds. The number of aromatic amines is 1. The number of carbonyl (C=O) groups is 1. The maximum absolute atomic E-state index is 12.2. The predicted molar refractivity (Wildman–Crippen MR) is 73.9 cm³/mol. The number of ether oxygens (including phenoxy) is 1. The molecular weight excluding hydrogens is 272 g/mol. The Bertz CT molecular complexity index is 593. The number of carbonyl (C=O) groups excluding carboxylic acids is 1. The van der Waals surface area contributed by atoms with E-state index in [1.54, 1.807) is 19.2 Å². The van der Waals surface area contributed by atoms with E-state index >= 15 is 0 Å². The second kappa shape index (κ2) is 5.99. The molecule has 0 radical (unpaired) electrons. The molecule has 1 aliphatic rings. The Morgan fingerprint density at radius 3 is 3.24 bits per heavy atom. The first-order valence-corrected chi connectivity index (χ1v) is 7.05. The van der Waals surface area contributed by atoms with Crippen LogP contribution in [0.1, 0.15) is 30.2 Å². The van der Waals surface area contributed by atoms with Crippen LogP contribution in [0.4, 0.5) is 0 Å². The number of aryl methyl sites for hydroxylation is 1. The molecule has 0 aromatic carbocycles. The number of aromatic nitrogens is 3. The fraction of sp³-hybridized carbons (Fsp3) is 0.500. The summed E-state index contributed by atoms with van der Waals surface area (Å²) in [5.74, 6) is 1.30. The predicted octanol–water partition coefficient (Wildman–Crippen LogP) is 1.49. The molecule has 0 spiro atoms. The van der Waals surface area contributed by atoms with Gasteiger partial charge in [-0.15, -0.1) is 0 Å². The molecule has 0 unspecified atom stereocenters. The zero-order chi connectivity index (χ0) is 14.7. The molecule has 0 bridgehead atoms. The van der Waals surface area contributed by atoms with Gasteiger partial charge in [0, 0.05) is 37.0 Å². The topological polar surface area (TPSA) is 84.2 Å². The number of hydrogen-bond donors (Lipinski definition) is 1. The number of piperidine rings is 1. The number of hydrogen-bond acceptors (Lipinski definition) is 5. The van der Waals surface area contributed by atoms with Crippen LogP contribution in [0.25, 0.3) is 0 Å². The molecule has 0 aliphatic carbocycles. The SMILES string of the molecule is Cc1cc(OCC(=O)N2CCC[C@@H](c3ccn[nH]3)C2)no1. The zero-order valence-electron chi connectivity index (χ0n) is 11.9. The minimum atomic E-state index is -0.0279. The fourth-order valence-electron chi connectivity index (χ4n) is 2.59. The average Bonchev–Trinajstić information content (AvgIpc) is 3.16. The second-order valence-corrected chi connectivity index (χ2v) is 5.26. The third-order valence-corrected chi connectivity index (χ3v) is 3.69. The normalized spacial score (nSPS) is 18.7. The molecule has 112 valence electrons. The van der Waals surface area contributed by atoms with Crippen LogP contribution in [0.2, 0.25) is 0 Å². The third-order valence-electron chi connectivity index (χ3n) is 3.69. The van der Waals surface area contributed by atoms with Gasteiger partial charge in [-0.2, -0.15) is 5.10 Å². The molecule has 1 atom stereocenters. The van der Waals surface area contributed by atoms with E-state index in [0.29, 0.717) is 24.1 Å². The van der Waals surface area contributed by atoms with Crippen molar-refractivity contribution in [3.63, 3.8) is 0 Å². The zero-order valence-corrected chi connectivity index (χ0v) is 11.9. The van der Waals surface area contributed by atoms with E-state index in [2.05, 4.69) is 15.4 Å². The number of likely N-dealkylation sites (tertiary alicyclic amines) is 1. The first kappa shape index (κ1) is 13.7. The molecule has 3 rings (SSSR count). The summed E-state index contributed by atoms with van der Waals surface area (Å²) < 4.78 is 10.2. The highest BCUT2D eigenvalue weighted by molar-refractivity contribution is 5.77. The molecule has 1 fully saturated rings. The highest BCUT2D eigenvalue weighted by Gasteiger charge is 2.25. The summed E-state index contributed by atoms with van der Waals surface area (Å²) in [6.45, 7) is 3.23. The molecule has 2 aromatic heterocycles. The molecule has 1 saturated heterocycles. The van der Waals surface area contributed by atoms with Crippen LogP contribution in [0, 0.1) is 6.92 Å². The van der Waals surface area contributed by atoms with Gasteiger partial charge in [0.15, 0.2) is 6.61 Å². The summed E-state index contributed by atoms with van der Waals surface area (Å²) in [5, 5.41) is 10.7. The van der Waals surface area contributed by atoms with Crippen molar-refractivity contribution >= 4 is 5.91 Å². The van der Waals surface area contributed by atoms with Gasteiger partial charge in [0.1, 0.15) is 5.76 Å². The smallest absolute Gasteiger partial charge is 0.260 e. The van der Waals surface area contributed by atoms with Crippen molar-refractivity contribution in [3.05, 3.63) is 29.8 Å². The number of H-pyrrole nitrogens is 1. The maximum atomic E-state index is 12.2. The minimum absolute atomic E-state index is 0.0122. The summed E-state index contributed by atoms with van der Waals surface area (Å²) in [6.07, 6.45) is 3.79. The Morgan fingerprint density at radius 2 is 2.52 bits per heavy atom. The van der Waals surface area contributed by atoms with Crippen LogP contribution >= 0.6 is 0 Å². The lowest BCUT2D eigenvalue weighted by atomic mass is 9.95. The van der Waals surface area contributed by atoms with Gasteiger partial charge in [0.2, 0.25) is 0 Å². The number of nitrogens with zero attached hydrogens (tertiary/aromatic N) is 3. The molecule has 21 heavy (non-hydrogen) atoms. The molecule has 1 aliphatic heterocycles. The summed E-state index contributed by atoms with van der Waals surface area (Å²) >= 11 is 0. The van der Waals surface area contributed by atoms with Crippen LogP contribution < -0.4 is 4.74 Å². The van der Waals surface area contributed by atoms with Crippen molar-refractivity contribution < 1.29 is 14.1 Å². The molecular formula is C14H18N4O3. The summed E-state index contributed by atoms with van der Waals surface area (Å²) in [5.41, 5.74) is 1.08. The van der Waals surface area contributed by atoms with E-state index in [1.165, 1.54) is 0 Å². The molecule has 7 nitrogen and oxygen atoms in total. The lowest BCUT2D eigenvalue weighted by Crippen LogP contribution is -2.41. The minimum Gasteiger partial charge on any atom is -0.465 e. The van der Waals surface area contributed by atoms with E-state index in [4.69, 9.17) is 9.26 Å². The first-order chi connectivity index (χ1) is 10.2. The van der Waals surface area contributed by atoms with Gasteiger partial charge in [-0.25, -0.2) is 0 Å². The first-order valence-electron chi connectivity index (χ1n) is 7.05. The van der Waals surface area contributed by atoms with Crippen LogP contribution in [0.3, 0.4) is 0 Å². The van der Waals surface area contributed by atoms with Gasteiger partial charge in [0.25, 0.3) is 11.8 Å². The lowest BCUT2D eigenvalue weighted by molar-refractivity contribution is -0.134. The van der Waals surface area contributed by atoms with Crippen molar-refractivity contribution in [3.8, 4) is 5.88 Å². The maximum Gasteiger partial charge on any atom is 0.260 e. The number of rotatable bonds is 4. The molecule has 0 saturated carbocycles. The van der Waals surface area contributed by atoms with E-state index in [-0.39, 0.29) is 12.5 Å². The Hall–Kier alpha value is -2.31. The van der Waals surface area contributed by atoms with E-state index in [0.717, 1.165) is 25.1 Å². The quantitative estimate of drug-likeness (QED) is 0.922. The van der Waals surface area contributed by atoms with Crippen LogP contribution in [-0.4, -0.2) is 45.9 Å². The molecule has 1 N–H and O–H groups in total. The summed E-state index contributed by atoms with van der Waals surface area (Å²) in [7, 11) is 0. The average molecular weight is 290 g/mol. The van der Waals surface area contributed by atoms with E-state index < -0.39 is 0 Å². The third kappa shape index (κ3) is 3.24. The van der Waals surface area contributed by atoms with Gasteiger partial charge in [0.05, 0.1) is 0 Å². The van der Waals surface area contributed by atoms with Crippen molar-refractivity contribution in [2.45, 2.75) is 25.7 Å². The highest BCUT2D eigenvalue weighted by Crippen LogP contribution is 2.25. The monoisotopic (exact) mass is 290 g/mol. The van der Waals surface area contributed by atoms with Crippen molar-refractivity contribution in [1.82, 2.24) is 20.3 Å². The molecule has 3 heterocycles. The molecule has 2 aromatic rings. The Morgan fingerprint density at radius 1 is 1.62 bits per heavy atom. The Balaban J connectivity index is 1.54. The number of nitrogens with one attached hydrogen (secondary N) is 1. The largest absolute Gasteiger partial charge is 0.465 e. The Kier molecular flexibility index (Phi) is 3.89. The van der Waals surface area contributed by atoms with Crippen molar-refractivity contribution in [1.29, 1.82) is 0 Å². The summed E-state index contributed by atoms with van der Waals surface area (Å²) in [6, 6.07) is 3.63. The van der Waals surface area contributed by atoms with Gasteiger partial charge in [-0.3, -0.25) is 9.89 Å². The highest BCUT2D eigenvalue weighted by atomic mass is 16.5. The fourth-order valence-corrected chi connectivity index (χ4v) is 2.59. The Labute approximate surface area is 122 Å². The van der Waals surface area contributed by atoms with Gasteiger partial charge in [-0.05, 0) is 31.0 Å². The second-order valence-electron chi connectivity index (χ2n) is 5.26. The standard InChI is InChI=1S/C14H18N4O3/c1-10-7-13(17-21-10)20-9-14(19)18-6-2-3-11(8-18)12-4-5-15-16-12/h4-5,7,11H,2-3,6,8-9H2,1H3,(H,15,16)/t11-/m1/s1. The van der Waals surface area contributed by atoms with E-state index in [1.807, 2.05) is 11.0 Å². The van der Waals surface area contributed by atoms with Crippen LogP contribution in [-0.2, 0) is 4.79 Å². The summed E-state index contributed by atoms with van der Waals surface area (Å²) in [4.78, 5) is 14.0. The number of amides is 1. The molecule has 7 heteroatoms. The van der Waals surface area contributed by atoms with Gasteiger partial charge < -0.3 is 14.2 Å². The lowest BCUT2D eigenvalue weighted by Gasteiger charge is -2.32. The van der Waals surface area contributed by atoms with Gasteiger partial charge in [-0.1, -0.05) is 0 Å². The van der Waals surface area contributed by atoms with E-state index in [9.17, 15) is 4.79 Å². The van der Waals surface area contributed by atoms with Crippen LogP contribution in [0.15, 0.2) is 22.9 Å². The van der Waals surface area contributed by atoms with Crippen molar-refractivity contribution in [2.24, 2.45) is 0 Å². The van der Waals surface area contributed by atoms with Gasteiger partial charge >= 0.3 is 0 Å². The van der Waals surface area contributed by atoms with Crippen LogP contribution in [0.5, 0.6) is 5.88 Å².